The number of nitrogens with one attached hydrogen (secondary N) is 1. The second-order valence-electron chi connectivity index (χ2n) is 4.38. The van der Waals surface area contributed by atoms with Crippen LogP contribution in [0.15, 0.2) is 4.42 Å². The summed E-state index contributed by atoms with van der Waals surface area (Å²) in [5, 5.41) is 3.23. The van der Waals surface area contributed by atoms with Gasteiger partial charge in [0.05, 0.1) is 5.69 Å². The average Bonchev–Trinajstić information content (AvgIpc) is 2.67. The maximum atomic E-state index is 11.9. The lowest BCUT2D eigenvalue weighted by Gasteiger charge is -2.27. The van der Waals surface area contributed by atoms with E-state index >= 15 is 0 Å². The normalized spacial score (nSPS) is 16.2. The first-order chi connectivity index (χ1) is 8.16. The van der Waals surface area contributed by atoms with E-state index in [2.05, 4.69) is 10.3 Å². The minimum Gasteiger partial charge on any atom is -0.446 e. The SMILES string of the molecule is Cc1nc(CCC(=O)N2CCNCC2)oc1C. The third-order valence-electron chi connectivity index (χ3n) is 3.10. The number of hydrogen-bond acceptors (Lipinski definition) is 4. The summed E-state index contributed by atoms with van der Waals surface area (Å²) in [6.07, 6.45) is 1.08. The summed E-state index contributed by atoms with van der Waals surface area (Å²) in [5.74, 6) is 1.71. The molecule has 2 rings (SSSR count). The zero-order valence-electron chi connectivity index (χ0n) is 10.5. The van der Waals surface area contributed by atoms with Crippen LogP contribution in [-0.2, 0) is 11.2 Å². The van der Waals surface area contributed by atoms with E-state index in [-0.39, 0.29) is 5.91 Å². The van der Waals surface area contributed by atoms with Crippen molar-refractivity contribution in [1.29, 1.82) is 0 Å². The largest absolute Gasteiger partial charge is 0.446 e. The summed E-state index contributed by atoms with van der Waals surface area (Å²) in [7, 11) is 0. The summed E-state index contributed by atoms with van der Waals surface area (Å²) in [6.45, 7) is 7.21. The molecular weight excluding hydrogens is 218 g/mol. The topological polar surface area (TPSA) is 58.4 Å². The van der Waals surface area contributed by atoms with Gasteiger partial charge in [-0.25, -0.2) is 4.98 Å². The number of piperazine rings is 1. The molecule has 1 fully saturated rings. The smallest absolute Gasteiger partial charge is 0.223 e. The minimum absolute atomic E-state index is 0.194. The van der Waals surface area contributed by atoms with Crippen molar-refractivity contribution in [3.8, 4) is 0 Å². The lowest BCUT2D eigenvalue weighted by molar-refractivity contribution is -0.131. The Kier molecular flexibility index (Phi) is 3.78. The highest BCUT2D eigenvalue weighted by Crippen LogP contribution is 2.10. The summed E-state index contributed by atoms with van der Waals surface area (Å²) in [6, 6.07) is 0. The van der Waals surface area contributed by atoms with Crippen LogP contribution >= 0.6 is 0 Å². The van der Waals surface area contributed by atoms with E-state index in [0.717, 1.165) is 37.6 Å². The molecule has 94 valence electrons. The maximum Gasteiger partial charge on any atom is 0.223 e. The van der Waals surface area contributed by atoms with E-state index in [1.165, 1.54) is 0 Å². The van der Waals surface area contributed by atoms with Gasteiger partial charge in [-0.1, -0.05) is 0 Å². The van der Waals surface area contributed by atoms with Gasteiger partial charge >= 0.3 is 0 Å². The van der Waals surface area contributed by atoms with Gasteiger partial charge in [0, 0.05) is 39.0 Å². The Labute approximate surface area is 101 Å². The van der Waals surface area contributed by atoms with E-state index in [1.54, 1.807) is 0 Å². The Bertz CT molecular complexity index is 375. The molecule has 0 saturated carbocycles. The molecule has 1 amide bonds. The highest BCUT2D eigenvalue weighted by Gasteiger charge is 2.16. The third-order valence-corrected chi connectivity index (χ3v) is 3.10. The van der Waals surface area contributed by atoms with Crippen LogP contribution in [0.3, 0.4) is 0 Å². The number of oxazole rings is 1. The van der Waals surface area contributed by atoms with E-state index in [9.17, 15) is 4.79 Å². The molecule has 1 aliphatic rings. The number of aryl methyl sites for hydroxylation is 3. The van der Waals surface area contributed by atoms with E-state index in [0.29, 0.717) is 18.7 Å². The van der Waals surface area contributed by atoms with Crippen LogP contribution < -0.4 is 5.32 Å². The molecule has 0 aromatic carbocycles. The molecule has 1 aromatic heterocycles. The van der Waals surface area contributed by atoms with Crippen LogP contribution in [-0.4, -0.2) is 42.0 Å². The van der Waals surface area contributed by atoms with Gasteiger partial charge in [0.15, 0.2) is 5.89 Å². The molecule has 5 nitrogen and oxygen atoms in total. The summed E-state index contributed by atoms with van der Waals surface area (Å²) in [4.78, 5) is 18.1. The highest BCUT2D eigenvalue weighted by atomic mass is 16.4. The minimum atomic E-state index is 0.194. The van der Waals surface area contributed by atoms with E-state index < -0.39 is 0 Å². The Morgan fingerprint density at radius 1 is 1.41 bits per heavy atom. The molecule has 1 aliphatic heterocycles. The van der Waals surface area contributed by atoms with Crippen LogP contribution in [0.2, 0.25) is 0 Å². The number of rotatable bonds is 3. The fourth-order valence-electron chi connectivity index (χ4n) is 1.93. The van der Waals surface area contributed by atoms with Crippen LogP contribution in [0.1, 0.15) is 23.8 Å². The first kappa shape index (κ1) is 12.1. The second-order valence-corrected chi connectivity index (χ2v) is 4.38. The van der Waals surface area contributed by atoms with Crippen molar-refractivity contribution in [3.05, 3.63) is 17.3 Å². The average molecular weight is 237 g/mol. The molecule has 0 atom stereocenters. The van der Waals surface area contributed by atoms with Crippen molar-refractivity contribution in [2.45, 2.75) is 26.7 Å². The lowest BCUT2D eigenvalue weighted by atomic mass is 10.2. The molecule has 1 aromatic rings. The number of aromatic nitrogens is 1. The third kappa shape index (κ3) is 3.06. The Balaban J connectivity index is 1.83. The Hall–Kier alpha value is -1.36. The molecule has 0 aliphatic carbocycles. The molecule has 5 heteroatoms. The van der Waals surface area contributed by atoms with Crippen molar-refractivity contribution in [2.75, 3.05) is 26.2 Å². The molecule has 17 heavy (non-hydrogen) atoms. The predicted molar refractivity (Wildman–Crippen MR) is 63.7 cm³/mol. The summed E-state index contributed by atoms with van der Waals surface area (Å²) < 4.78 is 5.46. The molecule has 0 unspecified atom stereocenters. The number of amides is 1. The molecule has 2 heterocycles. The lowest BCUT2D eigenvalue weighted by Crippen LogP contribution is -2.46. The molecule has 1 N–H and O–H groups in total. The number of carbonyl (C=O) groups excluding carboxylic acids is 1. The van der Waals surface area contributed by atoms with Gasteiger partial charge < -0.3 is 14.6 Å². The van der Waals surface area contributed by atoms with Crippen molar-refractivity contribution in [1.82, 2.24) is 15.2 Å². The zero-order valence-corrected chi connectivity index (χ0v) is 10.5. The molecule has 0 spiro atoms. The van der Waals surface area contributed by atoms with E-state index in [1.807, 2.05) is 18.7 Å². The van der Waals surface area contributed by atoms with Gasteiger partial charge in [-0.3, -0.25) is 4.79 Å². The standard InChI is InChI=1S/C12H19N3O2/c1-9-10(2)17-11(14-9)3-4-12(16)15-7-5-13-6-8-15/h13H,3-8H2,1-2H3. The van der Waals surface area contributed by atoms with Crippen LogP contribution in [0.25, 0.3) is 0 Å². The van der Waals surface area contributed by atoms with E-state index in [4.69, 9.17) is 4.42 Å². The second kappa shape index (κ2) is 5.31. The fraction of sp³-hybridized carbons (Fsp3) is 0.667. The van der Waals surface area contributed by atoms with Crippen molar-refractivity contribution in [2.24, 2.45) is 0 Å². The van der Waals surface area contributed by atoms with Crippen molar-refractivity contribution >= 4 is 5.91 Å². The van der Waals surface area contributed by atoms with Crippen LogP contribution in [0.4, 0.5) is 0 Å². The monoisotopic (exact) mass is 237 g/mol. The van der Waals surface area contributed by atoms with Gasteiger partial charge in [-0.15, -0.1) is 0 Å². The Morgan fingerprint density at radius 3 is 2.71 bits per heavy atom. The van der Waals surface area contributed by atoms with Gasteiger partial charge in [-0.2, -0.15) is 0 Å². The summed E-state index contributed by atoms with van der Waals surface area (Å²) >= 11 is 0. The molecule has 0 radical (unpaired) electrons. The van der Waals surface area contributed by atoms with Crippen LogP contribution in [0, 0.1) is 13.8 Å². The zero-order chi connectivity index (χ0) is 12.3. The molecule has 0 bridgehead atoms. The van der Waals surface area contributed by atoms with Gasteiger partial charge in [0.2, 0.25) is 5.91 Å². The van der Waals surface area contributed by atoms with Gasteiger partial charge in [0.25, 0.3) is 0 Å². The number of nitrogens with zero attached hydrogens (tertiary/aromatic N) is 2. The van der Waals surface area contributed by atoms with Crippen LogP contribution in [0.5, 0.6) is 0 Å². The van der Waals surface area contributed by atoms with Crippen molar-refractivity contribution in [3.63, 3.8) is 0 Å². The fourth-order valence-corrected chi connectivity index (χ4v) is 1.93. The first-order valence-electron chi connectivity index (χ1n) is 6.08. The summed E-state index contributed by atoms with van der Waals surface area (Å²) in [5.41, 5.74) is 0.912. The quantitative estimate of drug-likeness (QED) is 0.839. The molecule has 1 saturated heterocycles. The van der Waals surface area contributed by atoms with Gasteiger partial charge in [-0.05, 0) is 13.8 Å². The predicted octanol–water partition coefficient (Wildman–Crippen LogP) is 0.656. The Morgan fingerprint density at radius 2 is 2.12 bits per heavy atom. The number of carbonyl (C=O) groups is 1. The maximum absolute atomic E-state index is 11.9. The van der Waals surface area contributed by atoms with Crippen molar-refractivity contribution < 1.29 is 9.21 Å². The van der Waals surface area contributed by atoms with Gasteiger partial charge in [0.1, 0.15) is 5.76 Å². The first-order valence-corrected chi connectivity index (χ1v) is 6.08. The molecular formula is C12H19N3O2. The number of hydrogen-bond donors (Lipinski definition) is 1. The highest BCUT2D eigenvalue weighted by molar-refractivity contribution is 5.76.